The number of alkyl halides is 1. The van der Waals surface area contributed by atoms with Crippen LogP contribution < -0.4 is 0 Å². The van der Waals surface area contributed by atoms with Gasteiger partial charge in [-0.3, -0.25) is 0 Å². The third kappa shape index (κ3) is 2.46. The molecule has 3 rings (SSSR count). The number of hydrogen-bond donors (Lipinski definition) is 0. The van der Waals surface area contributed by atoms with E-state index in [-0.39, 0.29) is 5.38 Å². The third-order valence-electron chi connectivity index (χ3n) is 4.58. The number of aromatic nitrogens is 2. The molecule has 0 bridgehead atoms. The van der Waals surface area contributed by atoms with Gasteiger partial charge in [0.25, 0.3) is 0 Å². The highest BCUT2D eigenvalue weighted by molar-refractivity contribution is 6.20. The molecule has 1 atom stereocenters. The van der Waals surface area contributed by atoms with Crippen LogP contribution in [-0.2, 0) is 0 Å². The Kier molecular flexibility index (Phi) is 3.76. The molecule has 2 aromatic rings. The van der Waals surface area contributed by atoms with Gasteiger partial charge in [0.2, 0.25) is 0 Å². The molecule has 0 amide bonds. The summed E-state index contributed by atoms with van der Waals surface area (Å²) >= 11 is 6.38. The smallest absolute Gasteiger partial charge is 0.127 e. The highest BCUT2D eigenvalue weighted by Gasteiger charge is 2.25. The van der Waals surface area contributed by atoms with Crippen molar-refractivity contribution < 1.29 is 0 Å². The minimum absolute atomic E-state index is 0.0398. The van der Waals surface area contributed by atoms with Gasteiger partial charge in [0.1, 0.15) is 5.82 Å². The Hall–Kier alpha value is -1.02. The van der Waals surface area contributed by atoms with Crippen molar-refractivity contribution in [1.82, 2.24) is 9.55 Å². The molecule has 1 saturated carbocycles. The van der Waals surface area contributed by atoms with E-state index in [1.165, 1.54) is 36.8 Å². The van der Waals surface area contributed by atoms with Crippen LogP contribution in [0.15, 0.2) is 18.2 Å². The topological polar surface area (TPSA) is 17.8 Å². The molecular weight excluding hydrogens is 268 g/mol. The maximum Gasteiger partial charge on any atom is 0.127 e. The van der Waals surface area contributed by atoms with Gasteiger partial charge < -0.3 is 4.57 Å². The number of hydrogen-bond acceptors (Lipinski definition) is 1. The van der Waals surface area contributed by atoms with Gasteiger partial charge in [0.05, 0.1) is 16.4 Å². The zero-order chi connectivity index (χ0) is 14.3. The standard InChI is InChI=1S/C17H23ClN2/c1-11-4-7-14(8-5-11)20-16-9-6-12(2)10-15(16)19-17(20)13(3)18/h6,9-11,13-14H,4-5,7-8H2,1-3H3. The number of rotatable bonds is 2. The minimum Gasteiger partial charge on any atom is -0.324 e. The van der Waals surface area contributed by atoms with Crippen LogP contribution in [0.1, 0.15) is 62.3 Å². The number of aryl methyl sites for hydroxylation is 1. The molecule has 1 heterocycles. The van der Waals surface area contributed by atoms with Crippen LogP contribution >= 0.6 is 11.6 Å². The maximum absolute atomic E-state index is 6.38. The molecule has 0 saturated heterocycles. The molecule has 0 aliphatic heterocycles. The number of imidazole rings is 1. The predicted molar refractivity (Wildman–Crippen MR) is 85.4 cm³/mol. The van der Waals surface area contributed by atoms with Crippen molar-refractivity contribution in [3.8, 4) is 0 Å². The second-order valence-corrected chi connectivity index (χ2v) is 7.02. The number of benzene rings is 1. The molecule has 108 valence electrons. The van der Waals surface area contributed by atoms with Gasteiger partial charge in [-0.05, 0) is 63.1 Å². The number of fused-ring (bicyclic) bond motifs is 1. The van der Waals surface area contributed by atoms with Gasteiger partial charge in [-0.25, -0.2) is 4.98 Å². The van der Waals surface area contributed by atoms with Gasteiger partial charge in [0.15, 0.2) is 0 Å². The molecule has 1 aromatic carbocycles. The summed E-state index contributed by atoms with van der Waals surface area (Å²) in [5.41, 5.74) is 3.59. The van der Waals surface area contributed by atoms with Gasteiger partial charge >= 0.3 is 0 Å². The first-order valence-electron chi connectivity index (χ1n) is 7.69. The first kappa shape index (κ1) is 13.9. The largest absolute Gasteiger partial charge is 0.324 e. The fraction of sp³-hybridized carbons (Fsp3) is 0.588. The van der Waals surface area contributed by atoms with E-state index in [0.717, 1.165) is 17.3 Å². The first-order chi connectivity index (χ1) is 9.56. The summed E-state index contributed by atoms with van der Waals surface area (Å²) in [4.78, 5) is 4.80. The van der Waals surface area contributed by atoms with E-state index in [9.17, 15) is 0 Å². The highest BCUT2D eigenvalue weighted by atomic mass is 35.5. The number of nitrogens with zero attached hydrogens (tertiary/aromatic N) is 2. The molecule has 1 unspecified atom stereocenters. The Morgan fingerprint density at radius 2 is 1.95 bits per heavy atom. The number of halogens is 1. The Labute approximate surface area is 126 Å². The summed E-state index contributed by atoms with van der Waals surface area (Å²) in [5, 5.41) is -0.0398. The molecule has 0 radical (unpaired) electrons. The van der Waals surface area contributed by atoms with E-state index in [0.29, 0.717) is 6.04 Å². The van der Waals surface area contributed by atoms with Crippen molar-refractivity contribution in [3.05, 3.63) is 29.6 Å². The van der Waals surface area contributed by atoms with Gasteiger partial charge in [-0.15, -0.1) is 11.6 Å². The fourth-order valence-electron chi connectivity index (χ4n) is 3.39. The summed E-state index contributed by atoms with van der Waals surface area (Å²) in [5.74, 6) is 1.90. The Morgan fingerprint density at radius 1 is 1.25 bits per heavy atom. The van der Waals surface area contributed by atoms with Crippen LogP contribution in [0.3, 0.4) is 0 Å². The van der Waals surface area contributed by atoms with Crippen molar-refractivity contribution in [3.63, 3.8) is 0 Å². The van der Waals surface area contributed by atoms with Crippen LogP contribution in [0.4, 0.5) is 0 Å². The van der Waals surface area contributed by atoms with Gasteiger partial charge in [0, 0.05) is 6.04 Å². The average molecular weight is 291 g/mol. The summed E-state index contributed by atoms with van der Waals surface area (Å²) in [6, 6.07) is 7.11. The van der Waals surface area contributed by atoms with Crippen LogP contribution in [0.5, 0.6) is 0 Å². The van der Waals surface area contributed by atoms with Crippen molar-refractivity contribution in [1.29, 1.82) is 0 Å². The van der Waals surface area contributed by atoms with Crippen molar-refractivity contribution >= 4 is 22.6 Å². The lowest BCUT2D eigenvalue weighted by Gasteiger charge is -2.29. The second-order valence-electron chi connectivity index (χ2n) is 6.36. The molecule has 0 N–H and O–H groups in total. The van der Waals surface area contributed by atoms with Crippen molar-refractivity contribution in [2.24, 2.45) is 5.92 Å². The van der Waals surface area contributed by atoms with Gasteiger partial charge in [-0.1, -0.05) is 13.0 Å². The monoisotopic (exact) mass is 290 g/mol. The lowest BCUT2D eigenvalue weighted by atomic mass is 9.87. The van der Waals surface area contributed by atoms with Crippen LogP contribution in [0, 0.1) is 12.8 Å². The maximum atomic E-state index is 6.38. The summed E-state index contributed by atoms with van der Waals surface area (Å²) in [6.07, 6.45) is 5.12. The lowest BCUT2D eigenvalue weighted by molar-refractivity contribution is 0.289. The zero-order valence-corrected chi connectivity index (χ0v) is 13.3. The van der Waals surface area contributed by atoms with E-state index >= 15 is 0 Å². The lowest BCUT2D eigenvalue weighted by Crippen LogP contribution is -2.19. The Balaban J connectivity index is 2.09. The summed E-state index contributed by atoms with van der Waals surface area (Å²) < 4.78 is 2.42. The van der Waals surface area contributed by atoms with E-state index in [4.69, 9.17) is 16.6 Å². The Morgan fingerprint density at radius 3 is 2.60 bits per heavy atom. The first-order valence-corrected chi connectivity index (χ1v) is 8.12. The average Bonchev–Trinajstić information content (AvgIpc) is 2.78. The molecule has 20 heavy (non-hydrogen) atoms. The molecule has 1 aliphatic carbocycles. The minimum atomic E-state index is -0.0398. The van der Waals surface area contributed by atoms with Crippen molar-refractivity contribution in [2.75, 3.05) is 0 Å². The van der Waals surface area contributed by atoms with E-state index in [1.54, 1.807) is 0 Å². The molecule has 1 fully saturated rings. The molecule has 2 nitrogen and oxygen atoms in total. The molecule has 1 aliphatic rings. The SMILES string of the molecule is Cc1ccc2c(c1)nc(C(C)Cl)n2C1CCC(C)CC1. The van der Waals surface area contributed by atoms with Crippen LogP contribution in [0.2, 0.25) is 0 Å². The zero-order valence-electron chi connectivity index (χ0n) is 12.6. The van der Waals surface area contributed by atoms with Gasteiger partial charge in [-0.2, -0.15) is 0 Å². The third-order valence-corrected chi connectivity index (χ3v) is 4.77. The molecule has 1 aromatic heterocycles. The van der Waals surface area contributed by atoms with E-state index < -0.39 is 0 Å². The quantitative estimate of drug-likeness (QED) is 0.678. The molecule has 0 spiro atoms. The molecular formula is C17H23ClN2. The predicted octanol–water partition coefficient (Wildman–Crippen LogP) is 5.40. The normalized spacial score (nSPS) is 25.0. The fourth-order valence-corrected chi connectivity index (χ4v) is 3.55. The second kappa shape index (κ2) is 5.40. The van der Waals surface area contributed by atoms with Crippen LogP contribution in [0.25, 0.3) is 11.0 Å². The summed E-state index contributed by atoms with van der Waals surface area (Å²) in [7, 11) is 0. The van der Waals surface area contributed by atoms with E-state index in [1.807, 2.05) is 6.92 Å². The van der Waals surface area contributed by atoms with Crippen LogP contribution in [-0.4, -0.2) is 9.55 Å². The molecule has 3 heteroatoms. The van der Waals surface area contributed by atoms with E-state index in [2.05, 4.69) is 36.6 Å². The summed E-state index contributed by atoms with van der Waals surface area (Å²) in [6.45, 7) is 6.50. The highest BCUT2D eigenvalue weighted by Crippen LogP contribution is 2.37. The van der Waals surface area contributed by atoms with Crippen molar-refractivity contribution in [2.45, 2.75) is 57.9 Å². The Bertz CT molecular complexity index is 607.